The molecule has 4 rings (SSSR count). The zero-order chi connectivity index (χ0) is 18.9. The SMILES string of the molecule is CC(C)(C)N1CCC(N2CCCN(C3=CC=CCN3CC3CC3)CC2)CC1. The lowest BCUT2D eigenvalue weighted by atomic mass is 9.97. The molecule has 0 bridgehead atoms. The van der Waals surface area contributed by atoms with Gasteiger partial charge in [-0.1, -0.05) is 12.2 Å². The summed E-state index contributed by atoms with van der Waals surface area (Å²) in [4.78, 5) is 10.8. The summed E-state index contributed by atoms with van der Waals surface area (Å²) in [5.74, 6) is 2.45. The Morgan fingerprint density at radius 1 is 0.926 bits per heavy atom. The molecule has 3 heterocycles. The number of allylic oxidation sites excluding steroid dienone is 2. The van der Waals surface area contributed by atoms with Gasteiger partial charge < -0.3 is 9.80 Å². The van der Waals surface area contributed by atoms with Crippen molar-refractivity contribution in [2.45, 2.75) is 64.5 Å². The van der Waals surface area contributed by atoms with E-state index in [-0.39, 0.29) is 0 Å². The molecule has 4 nitrogen and oxygen atoms in total. The Bertz CT molecular complexity index is 549. The molecule has 4 aliphatic rings. The quantitative estimate of drug-likeness (QED) is 0.750. The van der Waals surface area contributed by atoms with E-state index in [1.165, 1.54) is 83.7 Å². The fraction of sp³-hybridized carbons (Fsp3) is 0.826. The molecule has 0 spiro atoms. The third-order valence-corrected chi connectivity index (χ3v) is 6.99. The maximum Gasteiger partial charge on any atom is 0.104 e. The van der Waals surface area contributed by atoms with E-state index in [9.17, 15) is 0 Å². The molecule has 0 radical (unpaired) electrons. The minimum atomic E-state index is 0.326. The standard InChI is InChI=1S/C23H40N4/c1-23(2,3)27-15-10-21(11-16-27)24-13-6-14-25(18-17-24)22-7-4-5-12-26(22)19-20-8-9-20/h4-5,7,20-21H,6,8-19H2,1-3H3. The van der Waals surface area contributed by atoms with Crippen molar-refractivity contribution in [1.82, 2.24) is 19.6 Å². The average Bonchev–Trinajstić information content (AvgIpc) is 3.48. The van der Waals surface area contributed by atoms with Crippen LogP contribution in [0.3, 0.4) is 0 Å². The number of nitrogens with zero attached hydrogens (tertiary/aromatic N) is 4. The van der Waals surface area contributed by atoms with Crippen molar-refractivity contribution in [2.75, 3.05) is 52.4 Å². The van der Waals surface area contributed by atoms with Gasteiger partial charge in [0.05, 0.1) is 0 Å². The van der Waals surface area contributed by atoms with Crippen LogP contribution in [0.2, 0.25) is 0 Å². The van der Waals surface area contributed by atoms with Gasteiger partial charge in [-0.25, -0.2) is 0 Å². The maximum atomic E-state index is 2.81. The van der Waals surface area contributed by atoms with E-state index < -0.39 is 0 Å². The number of hydrogen-bond donors (Lipinski definition) is 0. The molecule has 2 saturated heterocycles. The first-order chi connectivity index (χ1) is 13.0. The lowest BCUT2D eigenvalue weighted by molar-refractivity contribution is 0.0576. The molecule has 0 amide bonds. The van der Waals surface area contributed by atoms with E-state index in [4.69, 9.17) is 0 Å². The highest BCUT2D eigenvalue weighted by Crippen LogP contribution is 2.32. The molecule has 3 fully saturated rings. The van der Waals surface area contributed by atoms with E-state index in [0.29, 0.717) is 5.54 Å². The van der Waals surface area contributed by atoms with E-state index in [1.54, 1.807) is 0 Å². The summed E-state index contributed by atoms with van der Waals surface area (Å²) in [5, 5.41) is 0. The van der Waals surface area contributed by atoms with Crippen LogP contribution in [0.5, 0.6) is 0 Å². The largest absolute Gasteiger partial charge is 0.357 e. The van der Waals surface area contributed by atoms with Crippen LogP contribution in [0.4, 0.5) is 0 Å². The van der Waals surface area contributed by atoms with E-state index >= 15 is 0 Å². The highest BCUT2D eigenvalue weighted by Gasteiger charge is 2.32. The molecule has 4 heteroatoms. The molecule has 27 heavy (non-hydrogen) atoms. The van der Waals surface area contributed by atoms with Crippen molar-refractivity contribution in [1.29, 1.82) is 0 Å². The van der Waals surface area contributed by atoms with Crippen LogP contribution in [0.25, 0.3) is 0 Å². The Kier molecular flexibility index (Phi) is 5.84. The molecule has 1 aliphatic carbocycles. The highest BCUT2D eigenvalue weighted by molar-refractivity contribution is 5.18. The summed E-state index contributed by atoms with van der Waals surface area (Å²) >= 11 is 0. The molecule has 0 atom stereocenters. The minimum Gasteiger partial charge on any atom is -0.357 e. The lowest BCUT2D eigenvalue weighted by Gasteiger charge is -2.43. The number of likely N-dealkylation sites (tertiary alicyclic amines) is 1. The van der Waals surface area contributed by atoms with Crippen molar-refractivity contribution >= 4 is 0 Å². The summed E-state index contributed by atoms with van der Waals surface area (Å²) in [5.41, 5.74) is 0.326. The normalized spacial score (nSPS) is 27.0. The summed E-state index contributed by atoms with van der Waals surface area (Å²) in [6.07, 6.45) is 13.8. The Labute approximate surface area is 166 Å². The first-order valence-electron chi connectivity index (χ1n) is 11.4. The van der Waals surface area contributed by atoms with Crippen LogP contribution >= 0.6 is 0 Å². The van der Waals surface area contributed by atoms with E-state index in [2.05, 4.69) is 58.6 Å². The zero-order valence-corrected chi connectivity index (χ0v) is 17.9. The molecule has 0 aromatic heterocycles. The molecule has 0 aromatic carbocycles. The Morgan fingerprint density at radius 3 is 2.41 bits per heavy atom. The fourth-order valence-electron chi connectivity index (χ4n) is 5.06. The number of hydrogen-bond acceptors (Lipinski definition) is 4. The van der Waals surface area contributed by atoms with Crippen molar-refractivity contribution in [2.24, 2.45) is 5.92 Å². The first-order valence-corrected chi connectivity index (χ1v) is 11.4. The van der Waals surface area contributed by atoms with Gasteiger partial charge in [0.25, 0.3) is 0 Å². The first kappa shape index (κ1) is 19.3. The molecule has 1 saturated carbocycles. The van der Waals surface area contributed by atoms with Crippen molar-refractivity contribution in [3.63, 3.8) is 0 Å². The van der Waals surface area contributed by atoms with Crippen molar-refractivity contribution in [3.05, 3.63) is 24.0 Å². The molecule has 0 unspecified atom stereocenters. The van der Waals surface area contributed by atoms with Crippen LogP contribution in [0, 0.1) is 5.92 Å². The number of piperidine rings is 1. The molecule has 3 aliphatic heterocycles. The van der Waals surface area contributed by atoms with Crippen LogP contribution in [0.15, 0.2) is 24.0 Å². The molecular weight excluding hydrogens is 332 g/mol. The maximum absolute atomic E-state index is 2.81. The van der Waals surface area contributed by atoms with Gasteiger partial charge in [0, 0.05) is 63.9 Å². The van der Waals surface area contributed by atoms with Gasteiger partial charge in [-0.2, -0.15) is 0 Å². The fourth-order valence-corrected chi connectivity index (χ4v) is 5.06. The lowest BCUT2D eigenvalue weighted by Crippen LogP contribution is -2.51. The van der Waals surface area contributed by atoms with Crippen LogP contribution in [-0.4, -0.2) is 83.5 Å². The van der Waals surface area contributed by atoms with Gasteiger partial charge in [-0.05, 0) is 64.9 Å². The second kappa shape index (κ2) is 8.16. The Hall–Kier alpha value is -1.00. The Balaban J connectivity index is 1.31. The summed E-state index contributed by atoms with van der Waals surface area (Å²) < 4.78 is 0. The van der Waals surface area contributed by atoms with Gasteiger partial charge in [0.15, 0.2) is 0 Å². The van der Waals surface area contributed by atoms with E-state index in [1.807, 2.05) is 0 Å². The summed E-state index contributed by atoms with van der Waals surface area (Å²) in [6, 6.07) is 0.798. The highest BCUT2D eigenvalue weighted by atomic mass is 15.4. The molecule has 0 N–H and O–H groups in total. The second-order valence-electron chi connectivity index (χ2n) is 10.1. The second-order valence-corrected chi connectivity index (χ2v) is 10.1. The van der Waals surface area contributed by atoms with Gasteiger partial charge in [-0.15, -0.1) is 0 Å². The molecule has 152 valence electrons. The van der Waals surface area contributed by atoms with Crippen molar-refractivity contribution < 1.29 is 0 Å². The third kappa shape index (κ3) is 4.89. The van der Waals surface area contributed by atoms with Crippen molar-refractivity contribution in [3.8, 4) is 0 Å². The van der Waals surface area contributed by atoms with Crippen LogP contribution in [-0.2, 0) is 0 Å². The predicted octanol–water partition coefficient (Wildman–Crippen LogP) is 3.38. The predicted molar refractivity (Wildman–Crippen MR) is 114 cm³/mol. The number of rotatable bonds is 4. The molecular formula is C23H40N4. The topological polar surface area (TPSA) is 13.0 Å². The van der Waals surface area contributed by atoms with Gasteiger partial charge >= 0.3 is 0 Å². The molecule has 0 aromatic rings. The summed E-state index contributed by atoms with van der Waals surface area (Å²) in [6.45, 7) is 16.9. The van der Waals surface area contributed by atoms with Gasteiger partial charge in [-0.3, -0.25) is 9.80 Å². The van der Waals surface area contributed by atoms with E-state index in [0.717, 1.165) is 18.5 Å². The average molecular weight is 373 g/mol. The van der Waals surface area contributed by atoms with Crippen LogP contribution in [0.1, 0.15) is 52.9 Å². The minimum absolute atomic E-state index is 0.326. The monoisotopic (exact) mass is 372 g/mol. The zero-order valence-electron chi connectivity index (χ0n) is 17.9. The summed E-state index contributed by atoms with van der Waals surface area (Å²) in [7, 11) is 0. The van der Waals surface area contributed by atoms with Gasteiger partial charge in [0.1, 0.15) is 5.82 Å². The van der Waals surface area contributed by atoms with Gasteiger partial charge in [0.2, 0.25) is 0 Å². The van der Waals surface area contributed by atoms with Crippen LogP contribution < -0.4 is 0 Å². The third-order valence-electron chi connectivity index (χ3n) is 6.99. The smallest absolute Gasteiger partial charge is 0.104 e. The Morgan fingerprint density at radius 2 is 1.70 bits per heavy atom.